The lowest BCUT2D eigenvalue weighted by molar-refractivity contribution is -0.121. The summed E-state index contributed by atoms with van der Waals surface area (Å²) < 4.78 is 5.04. The highest BCUT2D eigenvalue weighted by Gasteiger charge is 2.20. The average Bonchev–Trinajstić information content (AvgIpc) is 2.78. The van der Waals surface area contributed by atoms with E-state index < -0.39 is 5.97 Å². The van der Waals surface area contributed by atoms with Crippen LogP contribution in [0, 0.1) is 0 Å². The van der Waals surface area contributed by atoms with Gasteiger partial charge in [0.2, 0.25) is 5.91 Å². The summed E-state index contributed by atoms with van der Waals surface area (Å²) in [4.78, 5) is 22.6. The smallest absolute Gasteiger partial charge is 0.339 e. The highest BCUT2D eigenvalue weighted by molar-refractivity contribution is 7.99. The minimum Gasteiger partial charge on any atom is -0.478 e. The molecular weight excluding hydrogens is 254 g/mol. The Kier molecular flexibility index (Phi) is 4.30. The molecule has 2 heterocycles. The van der Waals surface area contributed by atoms with Crippen LogP contribution in [0.15, 0.2) is 16.7 Å². The molecule has 0 saturated carbocycles. The normalized spacial score (nSPS) is 19.4. The zero-order valence-corrected chi connectivity index (χ0v) is 10.7. The Morgan fingerprint density at radius 2 is 2.39 bits per heavy atom. The fourth-order valence-electron chi connectivity index (χ4n) is 1.95. The second-order valence-electron chi connectivity index (χ2n) is 4.22. The van der Waals surface area contributed by atoms with Gasteiger partial charge in [0.25, 0.3) is 0 Å². The minimum atomic E-state index is -1.07. The van der Waals surface area contributed by atoms with Crippen molar-refractivity contribution in [3.63, 3.8) is 0 Å². The molecule has 1 amide bonds. The number of carboxylic acids is 1. The average molecular weight is 269 g/mol. The number of furan rings is 1. The topological polar surface area (TPSA) is 79.5 Å². The van der Waals surface area contributed by atoms with Crippen LogP contribution in [0.25, 0.3) is 0 Å². The standard InChI is InChI=1S/C12H15NO4S/c14-11(13-8-2-1-5-18-7-8)6-10-9(12(15)16)3-4-17-10/h3-4,8H,1-2,5-7H2,(H,13,14)(H,15,16). The van der Waals surface area contributed by atoms with Crippen LogP contribution in [0.5, 0.6) is 0 Å². The van der Waals surface area contributed by atoms with Crippen LogP contribution in [0.3, 0.4) is 0 Å². The number of thioether (sulfide) groups is 1. The number of nitrogens with one attached hydrogen (secondary N) is 1. The minimum absolute atomic E-state index is 0.0181. The van der Waals surface area contributed by atoms with Gasteiger partial charge in [0.1, 0.15) is 11.3 Å². The number of carbonyl (C=O) groups is 2. The van der Waals surface area contributed by atoms with Crippen LogP contribution in [0.2, 0.25) is 0 Å². The molecule has 0 aromatic carbocycles. The predicted octanol–water partition coefficient (Wildman–Crippen LogP) is 1.53. The Morgan fingerprint density at radius 1 is 1.56 bits per heavy atom. The Bertz CT molecular complexity index is 437. The molecule has 1 aliphatic rings. The van der Waals surface area contributed by atoms with E-state index in [4.69, 9.17) is 9.52 Å². The van der Waals surface area contributed by atoms with E-state index in [1.165, 1.54) is 12.3 Å². The molecule has 1 aromatic heterocycles. The van der Waals surface area contributed by atoms with Crippen molar-refractivity contribution < 1.29 is 19.1 Å². The maximum absolute atomic E-state index is 11.8. The molecule has 0 aliphatic carbocycles. The Hall–Kier alpha value is -1.43. The maximum Gasteiger partial charge on any atom is 0.339 e. The largest absolute Gasteiger partial charge is 0.478 e. The van der Waals surface area contributed by atoms with E-state index in [1.807, 2.05) is 11.8 Å². The number of amides is 1. The van der Waals surface area contributed by atoms with Gasteiger partial charge in [-0.05, 0) is 24.7 Å². The molecule has 5 nitrogen and oxygen atoms in total. The number of carboxylic acid groups (broad SMARTS) is 1. The molecule has 6 heteroatoms. The van der Waals surface area contributed by atoms with E-state index in [-0.39, 0.29) is 29.7 Å². The Labute approximate surface area is 109 Å². The highest BCUT2D eigenvalue weighted by Crippen LogP contribution is 2.17. The molecule has 1 fully saturated rings. The molecule has 0 bridgehead atoms. The number of carbonyl (C=O) groups excluding carboxylic acids is 1. The van der Waals surface area contributed by atoms with Crippen LogP contribution in [-0.4, -0.2) is 34.5 Å². The van der Waals surface area contributed by atoms with Gasteiger partial charge in [0.15, 0.2) is 0 Å². The molecule has 2 rings (SSSR count). The Balaban J connectivity index is 1.90. The summed E-state index contributed by atoms with van der Waals surface area (Å²) in [6, 6.07) is 1.56. The zero-order chi connectivity index (χ0) is 13.0. The van der Waals surface area contributed by atoms with Gasteiger partial charge in [0, 0.05) is 11.8 Å². The molecule has 1 aliphatic heterocycles. The van der Waals surface area contributed by atoms with E-state index in [2.05, 4.69) is 5.32 Å². The number of hydrogen-bond donors (Lipinski definition) is 2. The van der Waals surface area contributed by atoms with E-state index >= 15 is 0 Å². The van der Waals surface area contributed by atoms with Crippen LogP contribution in [0.1, 0.15) is 29.0 Å². The van der Waals surface area contributed by atoms with Gasteiger partial charge in [-0.25, -0.2) is 4.79 Å². The monoisotopic (exact) mass is 269 g/mol. The lowest BCUT2D eigenvalue weighted by Crippen LogP contribution is -2.39. The summed E-state index contributed by atoms with van der Waals surface area (Å²) in [5.74, 6) is 1.03. The van der Waals surface area contributed by atoms with Crippen molar-refractivity contribution in [2.75, 3.05) is 11.5 Å². The van der Waals surface area contributed by atoms with Crippen molar-refractivity contribution in [2.24, 2.45) is 0 Å². The summed E-state index contributed by atoms with van der Waals surface area (Å²) >= 11 is 1.83. The summed E-state index contributed by atoms with van der Waals surface area (Å²) in [6.07, 6.45) is 3.37. The van der Waals surface area contributed by atoms with Crippen LogP contribution >= 0.6 is 11.8 Å². The third-order valence-corrected chi connectivity index (χ3v) is 4.04. The van der Waals surface area contributed by atoms with Crippen molar-refractivity contribution in [1.82, 2.24) is 5.32 Å². The summed E-state index contributed by atoms with van der Waals surface area (Å²) in [7, 11) is 0. The number of hydrogen-bond acceptors (Lipinski definition) is 4. The first-order valence-electron chi connectivity index (χ1n) is 5.83. The van der Waals surface area contributed by atoms with Crippen molar-refractivity contribution in [3.05, 3.63) is 23.7 Å². The molecular formula is C12H15NO4S. The number of aromatic carboxylic acids is 1. The summed E-state index contributed by atoms with van der Waals surface area (Å²) in [5, 5.41) is 11.8. The summed E-state index contributed by atoms with van der Waals surface area (Å²) in [6.45, 7) is 0. The maximum atomic E-state index is 11.8. The van der Waals surface area contributed by atoms with Gasteiger partial charge in [0.05, 0.1) is 12.7 Å². The molecule has 1 saturated heterocycles. The third-order valence-electron chi connectivity index (χ3n) is 2.82. The molecule has 1 atom stereocenters. The first-order valence-corrected chi connectivity index (χ1v) is 6.99. The van der Waals surface area contributed by atoms with Crippen molar-refractivity contribution in [1.29, 1.82) is 0 Å². The first-order chi connectivity index (χ1) is 8.66. The van der Waals surface area contributed by atoms with Gasteiger partial charge in [-0.3, -0.25) is 4.79 Å². The lowest BCUT2D eigenvalue weighted by atomic mass is 10.1. The molecule has 0 radical (unpaired) electrons. The van der Waals surface area contributed by atoms with E-state index in [0.29, 0.717) is 0 Å². The lowest BCUT2D eigenvalue weighted by Gasteiger charge is -2.22. The second kappa shape index (κ2) is 5.95. The third kappa shape index (κ3) is 3.29. The first kappa shape index (κ1) is 13.0. The SMILES string of the molecule is O=C(Cc1occc1C(=O)O)NC1CCCSC1. The van der Waals surface area contributed by atoms with Gasteiger partial charge in [-0.2, -0.15) is 11.8 Å². The van der Waals surface area contributed by atoms with Gasteiger partial charge in [-0.15, -0.1) is 0 Å². The molecule has 98 valence electrons. The van der Waals surface area contributed by atoms with Crippen molar-refractivity contribution >= 4 is 23.6 Å². The quantitative estimate of drug-likeness (QED) is 0.866. The highest BCUT2D eigenvalue weighted by atomic mass is 32.2. The van der Waals surface area contributed by atoms with Gasteiger partial charge >= 0.3 is 5.97 Å². The molecule has 1 aromatic rings. The summed E-state index contributed by atoms with van der Waals surface area (Å²) in [5.41, 5.74) is 0.0585. The van der Waals surface area contributed by atoms with E-state index in [1.54, 1.807) is 0 Å². The molecule has 2 N–H and O–H groups in total. The Morgan fingerprint density at radius 3 is 3.06 bits per heavy atom. The fourth-order valence-corrected chi connectivity index (χ4v) is 3.02. The molecule has 18 heavy (non-hydrogen) atoms. The fraction of sp³-hybridized carbons (Fsp3) is 0.500. The van der Waals surface area contributed by atoms with E-state index in [9.17, 15) is 9.59 Å². The van der Waals surface area contributed by atoms with Crippen molar-refractivity contribution in [2.45, 2.75) is 25.3 Å². The van der Waals surface area contributed by atoms with Gasteiger partial charge in [-0.1, -0.05) is 0 Å². The van der Waals surface area contributed by atoms with Crippen LogP contribution in [-0.2, 0) is 11.2 Å². The zero-order valence-electron chi connectivity index (χ0n) is 9.85. The van der Waals surface area contributed by atoms with E-state index in [0.717, 1.165) is 24.3 Å². The van der Waals surface area contributed by atoms with Crippen LogP contribution < -0.4 is 5.32 Å². The number of rotatable bonds is 4. The second-order valence-corrected chi connectivity index (χ2v) is 5.37. The molecule has 0 spiro atoms. The van der Waals surface area contributed by atoms with Gasteiger partial charge < -0.3 is 14.8 Å². The van der Waals surface area contributed by atoms with Crippen molar-refractivity contribution in [3.8, 4) is 0 Å². The predicted molar refractivity (Wildman–Crippen MR) is 67.9 cm³/mol. The molecule has 1 unspecified atom stereocenters. The van der Waals surface area contributed by atoms with Crippen LogP contribution in [0.4, 0.5) is 0 Å².